The topological polar surface area (TPSA) is 58.4 Å². The van der Waals surface area contributed by atoms with Crippen molar-refractivity contribution in [2.75, 3.05) is 22.4 Å². The Balaban J connectivity index is 1.46. The summed E-state index contributed by atoms with van der Waals surface area (Å²) in [5.74, 6) is 1.08. The molecule has 1 aromatic carbocycles. The van der Waals surface area contributed by atoms with E-state index in [9.17, 15) is 12.4 Å². The number of hydrogen-bond acceptors (Lipinski definition) is 3. The van der Waals surface area contributed by atoms with Gasteiger partial charge in [0.15, 0.2) is 0 Å². The fraction of sp³-hybridized carbons (Fsp3) is 0.542. The zero-order chi connectivity index (χ0) is 22.3. The molecule has 0 bridgehead atoms. The second-order valence-corrected chi connectivity index (χ2v) is 10.7. The second kappa shape index (κ2) is 8.76. The Morgan fingerprint density at radius 1 is 1.22 bits per heavy atom. The third kappa shape index (κ3) is 3.45. The summed E-state index contributed by atoms with van der Waals surface area (Å²) in [5, 5.41) is 0. The average molecular weight is 551 g/mol. The van der Waals surface area contributed by atoms with Gasteiger partial charge in [-0.1, -0.05) is 6.92 Å². The van der Waals surface area contributed by atoms with Crippen molar-refractivity contribution in [3.63, 3.8) is 0 Å². The number of carbonyl (C=O) groups is 2. The number of likely N-dealkylation sites (tertiary alicyclic amines) is 1. The number of anilines is 1. The van der Waals surface area contributed by atoms with Gasteiger partial charge < -0.3 is 0 Å². The van der Waals surface area contributed by atoms with Crippen LogP contribution in [0, 0.1) is 0 Å². The minimum absolute atomic E-state index is 0.0704. The molecule has 1 fully saturated rings. The number of hydrogen-bond donors (Lipinski definition) is 0. The first kappa shape index (κ1) is 21.9. The van der Waals surface area contributed by atoms with Crippen molar-refractivity contribution in [1.82, 2.24) is 14.5 Å². The number of amides is 2. The molecule has 0 N–H and O–H groups in total. The predicted octanol–water partition coefficient (Wildman–Crippen LogP) is 0.162. The van der Waals surface area contributed by atoms with Crippen molar-refractivity contribution >= 4 is 17.5 Å². The van der Waals surface area contributed by atoms with Crippen LogP contribution in [0.4, 0.5) is 8.55 Å². The van der Waals surface area contributed by atoms with E-state index in [4.69, 9.17) is 4.98 Å². The number of fused-ring (bicyclic) bond motifs is 3. The molecule has 3 heterocycles. The average Bonchev–Trinajstić information content (AvgIpc) is 3.26. The van der Waals surface area contributed by atoms with Gasteiger partial charge in [-0.3, -0.25) is 4.79 Å². The Kier molecular flexibility index (Phi) is 5.98. The van der Waals surface area contributed by atoms with E-state index in [1.54, 1.807) is 4.90 Å². The summed E-state index contributed by atoms with van der Waals surface area (Å²) >= 11 is -1.20. The summed E-state index contributed by atoms with van der Waals surface area (Å²) in [6, 6.07) is 7.98. The van der Waals surface area contributed by atoms with Gasteiger partial charge in [-0.15, -0.1) is 0 Å². The van der Waals surface area contributed by atoms with Gasteiger partial charge in [-0.05, 0) is 0 Å². The first-order chi connectivity index (χ1) is 15.6. The summed E-state index contributed by atoms with van der Waals surface area (Å²) in [7, 11) is 0. The number of rotatable bonds is 7. The molecule has 1 spiro atoms. The van der Waals surface area contributed by atoms with Crippen molar-refractivity contribution in [2.45, 2.75) is 64.0 Å². The Morgan fingerprint density at radius 2 is 2.00 bits per heavy atom. The van der Waals surface area contributed by atoms with Gasteiger partial charge in [-0.25, -0.2) is 0 Å². The first-order valence-corrected chi connectivity index (χ1v) is 13.9. The molecule has 0 radical (unpaired) electrons. The molecule has 2 aliphatic heterocycles. The van der Waals surface area contributed by atoms with Gasteiger partial charge in [0.2, 0.25) is 0 Å². The van der Waals surface area contributed by atoms with Gasteiger partial charge in [0.1, 0.15) is 0 Å². The molecule has 1 aromatic heterocycles. The van der Waals surface area contributed by atoms with Crippen molar-refractivity contribution < 1.29 is 34.2 Å². The number of halogens is 2. The van der Waals surface area contributed by atoms with E-state index in [1.165, 1.54) is 5.69 Å². The fourth-order valence-corrected chi connectivity index (χ4v) is 6.15. The molecule has 5 rings (SSSR count). The van der Waals surface area contributed by atoms with Crippen molar-refractivity contribution in [1.29, 1.82) is 0 Å². The maximum absolute atomic E-state index is 13.7. The van der Waals surface area contributed by atoms with Crippen molar-refractivity contribution in [3.05, 3.63) is 47.0 Å². The number of para-hydroxylation sites is 1. The van der Waals surface area contributed by atoms with Crippen molar-refractivity contribution in [3.8, 4) is 0 Å². The quantitative estimate of drug-likeness (QED) is 0.280. The number of imidazole rings is 1. The molecule has 2 amide bonds. The van der Waals surface area contributed by atoms with E-state index in [1.807, 2.05) is 36.1 Å². The molecule has 1 aliphatic carbocycles. The molecule has 1 saturated heterocycles. The molecule has 3 aliphatic rings. The molecular formula is C24H29FIN4O2-. The maximum atomic E-state index is 13.7. The zero-order valence-electron chi connectivity index (χ0n) is 18.4. The van der Waals surface area contributed by atoms with E-state index < -0.39 is 27.2 Å². The van der Waals surface area contributed by atoms with Crippen LogP contribution in [0.5, 0.6) is 0 Å². The van der Waals surface area contributed by atoms with Crippen LogP contribution in [0.1, 0.15) is 55.4 Å². The fourth-order valence-electron chi connectivity index (χ4n) is 5.52. The molecule has 32 heavy (non-hydrogen) atoms. The van der Waals surface area contributed by atoms with Crippen LogP contribution in [0.2, 0.25) is 0 Å². The Hall–Kier alpha value is -1.97. The molecule has 6 nitrogen and oxygen atoms in total. The van der Waals surface area contributed by atoms with Crippen molar-refractivity contribution in [2.24, 2.45) is 0 Å². The van der Waals surface area contributed by atoms with E-state index in [-0.39, 0.29) is 11.8 Å². The first-order valence-electron chi connectivity index (χ1n) is 11.6. The second-order valence-electron chi connectivity index (χ2n) is 9.02. The van der Waals surface area contributed by atoms with Crippen LogP contribution >= 0.6 is 0 Å². The third-order valence-corrected chi connectivity index (χ3v) is 8.31. The van der Waals surface area contributed by atoms with Gasteiger partial charge >= 0.3 is 181 Å². The van der Waals surface area contributed by atoms with Gasteiger partial charge in [-0.2, -0.15) is 0 Å². The van der Waals surface area contributed by atoms with E-state index in [2.05, 4.69) is 4.57 Å². The molecule has 0 atom stereocenters. The predicted molar refractivity (Wildman–Crippen MR) is 116 cm³/mol. The Bertz CT molecular complexity index is 1050. The van der Waals surface area contributed by atoms with Crippen LogP contribution in [0.3, 0.4) is 0 Å². The normalized spacial score (nSPS) is 18.8. The van der Waals surface area contributed by atoms with Gasteiger partial charge in [0.05, 0.1) is 0 Å². The van der Waals surface area contributed by atoms with E-state index >= 15 is 0 Å². The molecule has 172 valence electrons. The summed E-state index contributed by atoms with van der Waals surface area (Å²) in [6.45, 7) is 3.97. The molecule has 0 saturated carbocycles. The number of aromatic nitrogens is 2. The monoisotopic (exact) mass is 551 g/mol. The third-order valence-electron chi connectivity index (χ3n) is 7.14. The van der Waals surface area contributed by atoms with Crippen LogP contribution in [0.15, 0.2) is 24.3 Å². The Morgan fingerprint density at radius 3 is 2.78 bits per heavy atom. The summed E-state index contributed by atoms with van der Waals surface area (Å²) in [6.07, 6.45) is 5.57. The standard InChI is InChI=1S/C24H29FIN4O2/c1-2-22(31)28-15-24(16-28)17-8-3-5-10-19(17)30(23(24)32)14-21-27-18-9-4-6-11-20(18)29(21)13-7-12-26-25/h3,5,8,10H,2,4,6-7,9,11-16H2,1H3/q-1. The molecule has 8 heteroatoms. The number of alkyl halides is 1. The molecule has 0 unspecified atom stereocenters. The van der Waals surface area contributed by atoms with E-state index in [0.717, 1.165) is 61.4 Å². The van der Waals surface area contributed by atoms with Gasteiger partial charge in [0.25, 0.3) is 0 Å². The molecular weight excluding hydrogens is 522 g/mol. The van der Waals surface area contributed by atoms with Crippen LogP contribution in [-0.2, 0) is 40.9 Å². The minimum atomic E-state index is -1.20. The van der Waals surface area contributed by atoms with E-state index in [0.29, 0.717) is 30.5 Å². The number of benzene rings is 1. The van der Waals surface area contributed by atoms with Crippen LogP contribution < -0.4 is 26.7 Å². The van der Waals surface area contributed by atoms with Gasteiger partial charge in [0, 0.05) is 6.42 Å². The SMILES string of the molecule is CCC(=O)N1CC2(C1)C(=O)N(Cc1nc3c(n1CCC[I-]F)CCCC3)c1ccccc12. The number of aryl methyl sites for hydroxylation is 1. The zero-order valence-corrected chi connectivity index (χ0v) is 20.6. The summed E-state index contributed by atoms with van der Waals surface area (Å²) in [4.78, 5) is 34.5. The van der Waals surface area contributed by atoms with Crippen LogP contribution in [0.25, 0.3) is 0 Å². The summed E-state index contributed by atoms with van der Waals surface area (Å²) < 4.78 is 15.8. The van der Waals surface area contributed by atoms with Crippen LogP contribution in [-0.4, -0.2) is 43.8 Å². The number of carbonyl (C=O) groups excluding carboxylic acids is 2. The Labute approximate surface area is 199 Å². The number of nitrogens with zero attached hydrogens (tertiary/aromatic N) is 4. The molecule has 2 aromatic rings. The summed E-state index contributed by atoms with van der Waals surface area (Å²) in [5.41, 5.74) is 3.76.